The van der Waals surface area contributed by atoms with Gasteiger partial charge in [0.1, 0.15) is 5.69 Å². The summed E-state index contributed by atoms with van der Waals surface area (Å²) in [4.78, 5) is 12.0. The molecule has 0 bridgehead atoms. The highest BCUT2D eigenvalue weighted by atomic mass is 19.1. The van der Waals surface area contributed by atoms with Crippen molar-refractivity contribution >= 4 is 5.78 Å². The van der Waals surface area contributed by atoms with Crippen molar-refractivity contribution in [3.05, 3.63) is 47.5 Å². The molecule has 1 aromatic carbocycles. The van der Waals surface area contributed by atoms with E-state index >= 15 is 0 Å². The lowest BCUT2D eigenvalue weighted by atomic mass is 10.1. The lowest BCUT2D eigenvalue weighted by molar-refractivity contribution is 0.0982. The van der Waals surface area contributed by atoms with Crippen LogP contribution in [0.4, 0.5) is 4.39 Å². The van der Waals surface area contributed by atoms with Crippen molar-refractivity contribution in [3.63, 3.8) is 0 Å². The highest BCUT2D eigenvalue weighted by Crippen LogP contribution is 2.21. The van der Waals surface area contributed by atoms with Crippen molar-refractivity contribution in [2.24, 2.45) is 7.05 Å². The zero-order valence-corrected chi connectivity index (χ0v) is 10.2. The molecule has 0 saturated carbocycles. The molecule has 0 saturated heterocycles. The highest BCUT2D eigenvalue weighted by molar-refractivity contribution is 5.96. The third-order valence-electron chi connectivity index (χ3n) is 2.72. The summed E-state index contributed by atoms with van der Waals surface area (Å²) in [5, 5.41) is 3.91. The number of halogens is 1. The van der Waals surface area contributed by atoms with E-state index in [1.54, 1.807) is 25.2 Å². The van der Waals surface area contributed by atoms with Crippen LogP contribution in [0, 0.1) is 5.82 Å². The average molecular weight is 248 g/mol. The SMILES string of the molecule is COc1cccc(CC(=O)c2ccnn2C)c1F. The molecular weight excluding hydrogens is 235 g/mol. The van der Waals surface area contributed by atoms with Crippen molar-refractivity contribution in [1.29, 1.82) is 0 Å². The molecule has 5 heteroatoms. The summed E-state index contributed by atoms with van der Waals surface area (Å²) >= 11 is 0. The molecule has 0 amide bonds. The molecule has 0 aliphatic carbocycles. The Bertz CT molecular complexity index is 578. The van der Waals surface area contributed by atoms with E-state index in [0.717, 1.165) is 0 Å². The van der Waals surface area contributed by atoms with Crippen LogP contribution in [0.2, 0.25) is 0 Å². The summed E-state index contributed by atoms with van der Waals surface area (Å²) in [7, 11) is 3.07. The number of hydrogen-bond donors (Lipinski definition) is 0. The van der Waals surface area contributed by atoms with Gasteiger partial charge in [0.2, 0.25) is 0 Å². The number of aryl methyl sites for hydroxylation is 1. The van der Waals surface area contributed by atoms with Crippen LogP contribution in [0.3, 0.4) is 0 Å². The normalized spacial score (nSPS) is 10.4. The molecule has 18 heavy (non-hydrogen) atoms. The molecule has 1 aromatic heterocycles. The summed E-state index contributed by atoms with van der Waals surface area (Å²) in [6.45, 7) is 0. The Morgan fingerprint density at radius 3 is 2.83 bits per heavy atom. The van der Waals surface area contributed by atoms with Gasteiger partial charge in [-0.25, -0.2) is 4.39 Å². The van der Waals surface area contributed by atoms with Gasteiger partial charge in [0.05, 0.1) is 7.11 Å². The molecule has 0 spiro atoms. The smallest absolute Gasteiger partial charge is 0.185 e. The number of rotatable bonds is 4. The van der Waals surface area contributed by atoms with Crippen LogP contribution >= 0.6 is 0 Å². The molecule has 4 nitrogen and oxygen atoms in total. The first-order valence-corrected chi connectivity index (χ1v) is 5.46. The molecule has 0 N–H and O–H groups in total. The monoisotopic (exact) mass is 248 g/mol. The van der Waals surface area contributed by atoms with Crippen LogP contribution in [-0.2, 0) is 13.5 Å². The number of ketones is 1. The molecule has 0 fully saturated rings. The van der Waals surface area contributed by atoms with Gasteiger partial charge < -0.3 is 4.74 Å². The third kappa shape index (κ3) is 2.25. The molecule has 0 atom stereocenters. The summed E-state index contributed by atoms with van der Waals surface area (Å²) in [5.74, 6) is -0.525. The van der Waals surface area contributed by atoms with Crippen LogP contribution in [0.25, 0.3) is 0 Å². The fourth-order valence-corrected chi connectivity index (χ4v) is 1.76. The molecule has 2 rings (SSSR count). The Morgan fingerprint density at radius 2 is 2.22 bits per heavy atom. The Kier molecular flexibility index (Phi) is 3.41. The molecule has 0 aliphatic rings. The maximum absolute atomic E-state index is 13.9. The van der Waals surface area contributed by atoms with Gasteiger partial charge in [-0.15, -0.1) is 0 Å². The van der Waals surface area contributed by atoms with Crippen LogP contribution < -0.4 is 4.74 Å². The molecule has 2 aromatic rings. The zero-order chi connectivity index (χ0) is 13.1. The number of aromatic nitrogens is 2. The second kappa shape index (κ2) is 5.00. The van der Waals surface area contributed by atoms with Crippen molar-refractivity contribution in [2.45, 2.75) is 6.42 Å². The van der Waals surface area contributed by atoms with Crippen molar-refractivity contribution in [2.75, 3.05) is 7.11 Å². The minimum Gasteiger partial charge on any atom is -0.494 e. The number of nitrogens with zero attached hydrogens (tertiary/aromatic N) is 2. The fourth-order valence-electron chi connectivity index (χ4n) is 1.76. The second-order valence-corrected chi connectivity index (χ2v) is 3.87. The van der Waals surface area contributed by atoms with Gasteiger partial charge in [-0.1, -0.05) is 12.1 Å². The maximum Gasteiger partial charge on any atom is 0.185 e. The summed E-state index contributed by atoms with van der Waals surface area (Å²) < 4.78 is 20.2. The topological polar surface area (TPSA) is 44.1 Å². The summed E-state index contributed by atoms with van der Waals surface area (Å²) in [5.41, 5.74) is 0.776. The number of methoxy groups -OCH3 is 1. The second-order valence-electron chi connectivity index (χ2n) is 3.87. The van der Waals surface area contributed by atoms with Gasteiger partial charge in [0, 0.05) is 19.7 Å². The van der Waals surface area contributed by atoms with E-state index in [1.165, 1.54) is 24.1 Å². The standard InChI is InChI=1S/C13H13FN2O2/c1-16-10(6-7-15-16)11(17)8-9-4-3-5-12(18-2)13(9)14/h3-7H,8H2,1-2H3. The van der Waals surface area contributed by atoms with Gasteiger partial charge in [0.15, 0.2) is 17.3 Å². The Hall–Kier alpha value is -2.17. The number of hydrogen-bond acceptors (Lipinski definition) is 3. The first-order chi connectivity index (χ1) is 8.63. The number of carbonyl (C=O) groups is 1. The predicted octanol–water partition coefficient (Wildman–Crippen LogP) is 1.99. The van der Waals surface area contributed by atoms with E-state index in [0.29, 0.717) is 11.3 Å². The summed E-state index contributed by atoms with van der Waals surface area (Å²) in [6, 6.07) is 6.37. The Balaban J connectivity index is 2.25. The van der Waals surface area contributed by atoms with Crippen LogP contribution in [0.1, 0.15) is 16.1 Å². The van der Waals surface area contributed by atoms with Gasteiger partial charge in [0.25, 0.3) is 0 Å². The fraction of sp³-hybridized carbons (Fsp3) is 0.231. The quantitative estimate of drug-likeness (QED) is 0.777. The zero-order valence-electron chi connectivity index (χ0n) is 10.2. The highest BCUT2D eigenvalue weighted by Gasteiger charge is 2.15. The molecular formula is C13H13FN2O2. The predicted molar refractivity (Wildman–Crippen MR) is 64.2 cm³/mol. The molecule has 0 radical (unpaired) electrons. The number of carbonyl (C=O) groups excluding carboxylic acids is 1. The molecule has 0 aliphatic heterocycles. The van der Waals surface area contributed by atoms with Crippen molar-refractivity contribution in [1.82, 2.24) is 9.78 Å². The number of Topliss-reactive ketones (excluding diaryl/α,β-unsaturated/α-hetero) is 1. The average Bonchev–Trinajstić information content (AvgIpc) is 2.78. The largest absolute Gasteiger partial charge is 0.494 e. The van der Waals surface area contributed by atoms with E-state index < -0.39 is 5.82 Å². The molecule has 1 heterocycles. The van der Waals surface area contributed by atoms with E-state index in [9.17, 15) is 9.18 Å². The van der Waals surface area contributed by atoms with E-state index in [1.807, 2.05) is 0 Å². The Labute approximate surface area is 104 Å². The lowest BCUT2D eigenvalue weighted by Gasteiger charge is -2.06. The third-order valence-corrected chi connectivity index (χ3v) is 2.72. The first kappa shape index (κ1) is 12.3. The van der Waals surface area contributed by atoms with Crippen molar-refractivity contribution in [3.8, 4) is 5.75 Å². The van der Waals surface area contributed by atoms with Gasteiger partial charge in [-0.2, -0.15) is 5.10 Å². The van der Waals surface area contributed by atoms with E-state index in [2.05, 4.69) is 5.10 Å². The van der Waals surface area contributed by atoms with Crippen LogP contribution in [0.5, 0.6) is 5.75 Å². The Morgan fingerprint density at radius 1 is 1.44 bits per heavy atom. The van der Waals surface area contributed by atoms with E-state index in [-0.39, 0.29) is 18.0 Å². The number of benzene rings is 1. The van der Waals surface area contributed by atoms with Gasteiger partial charge in [-0.3, -0.25) is 9.48 Å². The number of ether oxygens (including phenoxy) is 1. The van der Waals surface area contributed by atoms with Crippen molar-refractivity contribution < 1.29 is 13.9 Å². The van der Waals surface area contributed by atoms with Gasteiger partial charge >= 0.3 is 0 Å². The van der Waals surface area contributed by atoms with Crippen LogP contribution in [-0.4, -0.2) is 22.7 Å². The van der Waals surface area contributed by atoms with E-state index in [4.69, 9.17) is 4.74 Å². The maximum atomic E-state index is 13.9. The van der Waals surface area contributed by atoms with Crippen LogP contribution in [0.15, 0.2) is 30.5 Å². The summed E-state index contributed by atoms with van der Waals surface area (Å²) in [6.07, 6.45) is 1.53. The minimum atomic E-state index is -0.490. The van der Waals surface area contributed by atoms with Gasteiger partial charge in [-0.05, 0) is 17.7 Å². The minimum absolute atomic E-state index is 0.0113. The molecule has 0 unspecified atom stereocenters. The molecule has 94 valence electrons. The first-order valence-electron chi connectivity index (χ1n) is 5.46. The lowest BCUT2D eigenvalue weighted by Crippen LogP contribution is -2.10.